The Balaban J connectivity index is 1.35. The van der Waals surface area contributed by atoms with Crippen LogP contribution in [0.3, 0.4) is 0 Å². The molecule has 0 aliphatic carbocycles. The molecule has 3 heterocycles. The molecule has 1 aromatic heterocycles. The Morgan fingerprint density at radius 3 is 2.76 bits per heavy atom. The van der Waals surface area contributed by atoms with E-state index in [1.807, 2.05) is 18.2 Å². The summed E-state index contributed by atoms with van der Waals surface area (Å²) in [6.45, 7) is 3.50. The van der Waals surface area contributed by atoms with E-state index in [2.05, 4.69) is 20.6 Å². The lowest BCUT2D eigenvalue weighted by Gasteiger charge is -2.34. The smallest absolute Gasteiger partial charge is 0.434 e. The Hall–Kier alpha value is -3.79. The van der Waals surface area contributed by atoms with E-state index in [1.165, 1.54) is 13.3 Å². The van der Waals surface area contributed by atoms with Crippen LogP contribution in [-0.4, -0.2) is 61.9 Å². The van der Waals surface area contributed by atoms with Gasteiger partial charge >= 0.3 is 12.1 Å². The second-order valence-corrected chi connectivity index (χ2v) is 7.85. The predicted molar refractivity (Wildman–Crippen MR) is 122 cm³/mol. The summed E-state index contributed by atoms with van der Waals surface area (Å²) in [5.74, 6) is 0.817. The number of nitrogens with zero attached hydrogens (tertiary/aromatic N) is 3. The van der Waals surface area contributed by atoms with Gasteiger partial charge in [-0.3, -0.25) is 0 Å². The fraction of sp³-hybridized carbons (Fsp3) is 0.348. The van der Waals surface area contributed by atoms with Gasteiger partial charge in [-0.15, -0.1) is 0 Å². The van der Waals surface area contributed by atoms with Crippen LogP contribution in [0.5, 0.6) is 5.75 Å². The molecule has 0 radical (unpaired) electrons. The zero-order chi connectivity index (χ0) is 22.8. The van der Waals surface area contributed by atoms with Crippen molar-refractivity contribution < 1.29 is 23.8 Å². The van der Waals surface area contributed by atoms with E-state index in [4.69, 9.17) is 14.2 Å². The molecule has 172 valence electrons. The van der Waals surface area contributed by atoms with Gasteiger partial charge in [0.05, 0.1) is 56.1 Å². The maximum absolute atomic E-state index is 12.9. The largest absolute Gasteiger partial charge is 0.491 e. The van der Waals surface area contributed by atoms with Crippen molar-refractivity contribution in [3.8, 4) is 5.75 Å². The molecule has 2 aliphatic heterocycles. The molecule has 10 nitrogen and oxygen atoms in total. The highest BCUT2D eigenvalue weighted by molar-refractivity contribution is 6.02. The number of anilines is 2. The van der Waals surface area contributed by atoms with Crippen molar-refractivity contribution in [2.75, 3.05) is 50.2 Å². The highest BCUT2D eigenvalue weighted by Gasteiger charge is 2.27. The molecule has 0 spiro atoms. The van der Waals surface area contributed by atoms with E-state index >= 15 is 0 Å². The molecule has 0 saturated carbocycles. The average Bonchev–Trinajstić information content (AvgIpc) is 3.29. The average molecular weight is 451 g/mol. The Morgan fingerprint density at radius 2 is 1.94 bits per heavy atom. The third-order valence-corrected chi connectivity index (χ3v) is 5.92. The molecule has 33 heavy (non-hydrogen) atoms. The van der Waals surface area contributed by atoms with Crippen molar-refractivity contribution in [2.24, 2.45) is 0 Å². The number of rotatable bonds is 3. The molecule has 3 aromatic rings. The summed E-state index contributed by atoms with van der Waals surface area (Å²) < 4.78 is 17.4. The molecule has 2 N–H and O–H groups in total. The number of hydrogen-bond donors (Lipinski definition) is 2. The van der Waals surface area contributed by atoms with Crippen molar-refractivity contribution in [3.63, 3.8) is 0 Å². The van der Waals surface area contributed by atoms with Crippen molar-refractivity contribution >= 4 is 34.4 Å². The second-order valence-electron chi connectivity index (χ2n) is 7.85. The minimum atomic E-state index is -0.596. The maximum Gasteiger partial charge on any atom is 0.434 e. The molecule has 10 heteroatoms. The predicted octanol–water partition coefficient (Wildman–Crippen LogP) is 3.13. The Morgan fingerprint density at radius 1 is 1.12 bits per heavy atom. The van der Waals surface area contributed by atoms with Gasteiger partial charge in [-0.25, -0.2) is 9.59 Å². The van der Waals surface area contributed by atoms with Crippen molar-refractivity contribution in [3.05, 3.63) is 48.2 Å². The number of hydrogen-bond acceptors (Lipinski definition) is 7. The van der Waals surface area contributed by atoms with E-state index in [0.717, 1.165) is 34.8 Å². The van der Waals surface area contributed by atoms with Crippen LogP contribution in [0.1, 0.15) is 18.0 Å². The van der Waals surface area contributed by atoms with Gasteiger partial charge in [0.1, 0.15) is 5.75 Å². The van der Waals surface area contributed by atoms with Crippen LogP contribution in [0.2, 0.25) is 0 Å². The number of carbonyl (C=O) groups excluding carboxylic acids is 2. The standard InChI is InChI=1S/C23H25N5O5/c1-31-23(30)28-19-6-3-5-17(16(19)14-24-28)25-22(29)26-18-8-11-33-21-15(18)4-2-7-20(21)27-9-12-32-13-10-27/h2-7,14,18H,8-13H2,1H3,(H2,25,26,29). The van der Waals surface area contributed by atoms with Gasteiger partial charge in [0.25, 0.3) is 0 Å². The van der Waals surface area contributed by atoms with E-state index < -0.39 is 6.09 Å². The number of para-hydroxylation sites is 1. The number of methoxy groups -OCH3 is 1. The zero-order valence-corrected chi connectivity index (χ0v) is 18.2. The summed E-state index contributed by atoms with van der Waals surface area (Å²) >= 11 is 0. The monoisotopic (exact) mass is 451 g/mol. The SMILES string of the molecule is COC(=O)n1ncc2c(NC(=O)NC3CCOc4c3cccc4N3CCOCC3)cccc21. The summed E-state index contributed by atoms with van der Waals surface area (Å²) in [6.07, 6.45) is 1.60. The molecule has 1 saturated heterocycles. The first-order valence-electron chi connectivity index (χ1n) is 10.9. The molecular formula is C23H25N5O5. The van der Waals surface area contributed by atoms with Gasteiger partial charge in [-0.05, 0) is 18.2 Å². The number of ether oxygens (including phenoxy) is 3. The number of aromatic nitrogens is 2. The first-order chi connectivity index (χ1) is 16.2. The molecule has 5 rings (SSSR count). The van der Waals surface area contributed by atoms with Gasteiger partial charge < -0.3 is 29.7 Å². The first kappa shape index (κ1) is 21.1. The van der Waals surface area contributed by atoms with Crippen LogP contribution >= 0.6 is 0 Å². The molecule has 0 bridgehead atoms. The number of urea groups is 1. The number of benzene rings is 2. The Labute approximate surface area is 190 Å². The maximum atomic E-state index is 12.9. The molecule has 1 fully saturated rings. The molecule has 2 aromatic carbocycles. The minimum absolute atomic E-state index is 0.188. The highest BCUT2D eigenvalue weighted by atomic mass is 16.5. The molecular weight excluding hydrogens is 426 g/mol. The Bertz CT molecular complexity index is 1190. The number of amides is 2. The number of carbonyl (C=O) groups is 2. The second kappa shape index (κ2) is 8.99. The van der Waals surface area contributed by atoms with Crippen LogP contribution in [0.4, 0.5) is 21.0 Å². The summed E-state index contributed by atoms with van der Waals surface area (Å²) in [5, 5.41) is 10.7. The summed E-state index contributed by atoms with van der Waals surface area (Å²) in [7, 11) is 1.29. The molecule has 2 amide bonds. The summed E-state index contributed by atoms with van der Waals surface area (Å²) in [5.41, 5.74) is 3.08. The summed E-state index contributed by atoms with van der Waals surface area (Å²) in [4.78, 5) is 27.1. The van der Waals surface area contributed by atoms with Gasteiger partial charge in [-0.1, -0.05) is 18.2 Å². The lowest BCUT2D eigenvalue weighted by atomic mass is 9.99. The zero-order valence-electron chi connectivity index (χ0n) is 18.2. The fourth-order valence-electron chi connectivity index (χ4n) is 4.32. The minimum Gasteiger partial charge on any atom is -0.491 e. The topological polar surface area (TPSA) is 107 Å². The van der Waals surface area contributed by atoms with Gasteiger partial charge in [0.15, 0.2) is 0 Å². The van der Waals surface area contributed by atoms with Gasteiger partial charge in [0.2, 0.25) is 0 Å². The van der Waals surface area contributed by atoms with Crippen molar-refractivity contribution in [2.45, 2.75) is 12.5 Å². The van der Waals surface area contributed by atoms with Crippen LogP contribution < -0.4 is 20.3 Å². The van der Waals surface area contributed by atoms with E-state index in [9.17, 15) is 9.59 Å². The van der Waals surface area contributed by atoms with Crippen LogP contribution in [-0.2, 0) is 9.47 Å². The number of fused-ring (bicyclic) bond motifs is 2. The first-order valence-corrected chi connectivity index (χ1v) is 10.9. The van der Waals surface area contributed by atoms with E-state index in [1.54, 1.807) is 18.2 Å². The van der Waals surface area contributed by atoms with Crippen molar-refractivity contribution in [1.82, 2.24) is 15.1 Å². The van der Waals surface area contributed by atoms with E-state index in [-0.39, 0.29) is 12.1 Å². The fourth-order valence-corrected chi connectivity index (χ4v) is 4.32. The molecule has 1 unspecified atom stereocenters. The van der Waals surface area contributed by atoms with Crippen LogP contribution in [0, 0.1) is 0 Å². The third kappa shape index (κ3) is 4.05. The van der Waals surface area contributed by atoms with Crippen LogP contribution in [0.25, 0.3) is 10.9 Å². The third-order valence-electron chi connectivity index (χ3n) is 5.92. The molecule has 1 atom stereocenters. The molecule has 2 aliphatic rings. The number of nitrogens with one attached hydrogen (secondary N) is 2. The van der Waals surface area contributed by atoms with E-state index in [0.29, 0.717) is 42.8 Å². The lowest BCUT2D eigenvalue weighted by molar-refractivity contribution is 0.122. The van der Waals surface area contributed by atoms with Gasteiger partial charge in [0, 0.05) is 30.5 Å². The highest BCUT2D eigenvalue weighted by Crippen LogP contribution is 2.40. The van der Waals surface area contributed by atoms with Crippen LogP contribution in [0.15, 0.2) is 42.6 Å². The quantitative estimate of drug-likeness (QED) is 0.630. The van der Waals surface area contributed by atoms with Gasteiger partial charge in [-0.2, -0.15) is 9.78 Å². The normalized spacial score (nSPS) is 17.7. The summed E-state index contributed by atoms with van der Waals surface area (Å²) in [6, 6.07) is 10.7. The Kier molecular flexibility index (Phi) is 5.74. The number of morpholine rings is 1. The van der Waals surface area contributed by atoms with Crippen molar-refractivity contribution in [1.29, 1.82) is 0 Å². The lowest BCUT2D eigenvalue weighted by Crippen LogP contribution is -2.38.